The van der Waals surface area contributed by atoms with E-state index >= 15 is 0 Å². The van der Waals surface area contributed by atoms with E-state index in [9.17, 15) is 14.7 Å². The van der Waals surface area contributed by atoms with Gasteiger partial charge in [-0.2, -0.15) is 0 Å². The smallest absolute Gasteiger partial charge is 0.410 e. The van der Waals surface area contributed by atoms with Gasteiger partial charge in [0.25, 0.3) is 0 Å². The van der Waals surface area contributed by atoms with Gasteiger partial charge in [-0.15, -0.1) is 0 Å². The Hall–Kier alpha value is -1.30. The van der Waals surface area contributed by atoms with Crippen molar-refractivity contribution in [3.8, 4) is 0 Å². The van der Waals surface area contributed by atoms with Crippen LogP contribution in [0.3, 0.4) is 0 Å². The summed E-state index contributed by atoms with van der Waals surface area (Å²) < 4.78 is 5.13. The SMILES string of the molecule is CC(C)(C)OC(=O)N1CC(O)C(C)(C(=O)O)C1. The molecule has 0 aromatic heterocycles. The molecular weight excluding hydrogens is 226 g/mol. The van der Waals surface area contributed by atoms with Gasteiger partial charge in [-0.3, -0.25) is 4.79 Å². The van der Waals surface area contributed by atoms with Gasteiger partial charge < -0.3 is 19.8 Å². The molecule has 17 heavy (non-hydrogen) atoms. The Labute approximate surface area is 100 Å². The molecule has 0 aromatic rings. The van der Waals surface area contributed by atoms with Gasteiger partial charge in [0, 0.05) is 6.54 Å². The maximum absolute atomic E-state index is 11.7. The van der Waals surface area contributed by atoms with Gasteiger partial charge in [-0.25, -0.2) is 4.79 Å². The van der Waals surface area contributed by atoms with E-state index in [2.05, 4.69) is 0 Å². The molecule has 2 unspecified atom stereocenters. The predicted molar refractivity (Wildman–Crippen MR) is 59.6 cm³/mol. The molecule has 1 aliphatic heterocycles. The van der Waals surface area contributed by atoms with Crippen LogP contribution < -0.4 is 0 Å². The van der Waals surface area contributed by atoms with E-state index < -0.39 is 29.2 Å². The van der Waals surface area contributed by atoms with Gasteiger partial charge in [0.05, 0.1) is 12.6 Å². The van der Waals surface area contributed by atoms with E-state index in [-0.39, 0.29) is 13.1 Å². The molecule has 98 valence electrons. The highest BCUT2D eigenvalue weighted by atomic mass is 16.6. The molecule has 2 N–H and O–H groups in total. The molecule has 1 aliphatic rings. The van der Waals surface area contributed by atoms with Gasteiger partial charge in [-0.1, -0.05) is 0 Å². The fraction of sp³-hybridized carbons (Fsp3) is 0.818. The molecule has 1 heterocycles. The quantitative estimate of drug-likeness (QED) is 0.709. The fourth-order valence-electron chi connectivity index (χ4n) is 1.65. The molecule has 0 bridgehead atoms. The summed E-state index contributed by atoms with van der Waals surface area (Å²) in [7, 11) is 0. The first-order chi connectivity index (χ1) is 7.56. The predicted octanol–water partition coefficient (Wildman–Crippen LogP) is 0.689. The molecule has 0 radical (unpaired) electrons. The minimum absolute atomic E-state index is 0.0162. The Morgan fingerprint density at radius 1 is 1.41 bits per heavy atom. The summed E-state index contributed by atoms with van der Waals surface area (Å²) in [6.07, 6.45) is -1.67. The molecular formula is C11H19NO5. The van der Waals surface area contributed by atoms with Crippen LogP contribution in [-0.2, 0) is 9.53 Å². The maximum Gasteiger partial charge on any atom is 0.410 e. The fourth-order valence-corrected chi connectivity index (χ4v) is 1.65. The number of carboxylic acid groups (broad SMARTS) is 1. The van der Waals surface area contributed by atoms with Crippen molar-refractivity contribution < 1.29 is 24.5 Å². The van der Waals surface area contributed by atoms with E-state index in [0.717, 1.165) is 0 Å². The number of aliphatic hydroxyl groups excluding tert-OH is 1. The molecule has 1 rings (SSSR count). The number of ether oxygens (including phenoxy) is 1. The number of likely N-dealkylation sites (tertiary alicyclic amines) is 1. The molecule has 1 amide bonds. The molecule has 0 aliphatic carbocycles. The van der Waals surface area contributed by atoms with Crippen LogP contribution in [0.25, 0.3) is 0 Å². The zero-order valence-electron chi connectivity index (χ0n) is 10.6. The van der Waals surface area contributed by atoms with Crippen molar-refractivity contribution in [1.29, 1.82) is 0 Å². The van der Waals surface area contributed by atoms with Crippen molar-refractivity contribution in [3.05, 3.63) is 0 Å². The molecule has 0 aromatic carbocycles. The Morgan fingerprint density at radius 2 is 1.94 bits per heavy atom. The van der Waals surface area contributed by atoms with Crippen LogP contribution in [0.1, 0.15) is 27.7 Å². The van der Waals surface area contributed by atoms with E-state index in [1.807, 2.05) is 0 Å². The minimum atomic E-state index is -1.32. The summed E-state index contributed by atoms with van der Waals surface area (Å²) >= 11 is 0. The first kappa shape index (κ1) is 13.8. The number of carbonyl (C=O) groups excluding carboxylic acids is 1. The lowest BCUT2D eigenvalue weighted by atomic mass is 9.87. The maximum atomic E-state index is 11.7. The molecule has 0 spiro atoms. The van der Waals surface area contributed by atoms with E-state index in [4.69, 9.17) is 9.84 Å². The van der Waals surface area contributed by atoms with Gasteiger partial charge >= 0.3 is 12.1 Å². The van der Waals surface area contributed by atoms with Crippen molar-refractivity contribution in [1.82, 2.24) is 4.90 Å². The number of β-amino-alcohol motifs (C(OH)–C–C–N with tert-alkyl or cyclic N) is 1. The summed E-state index contributed by atoms with van der Waals surface area (Å²) in [6, 6.07) is 0. The number of nitrogens with zero attached hydrogens (tertiary/aromatic N) is 1. The number of carbonyl (C=O) groups is 2. The summed E-state index contributed by atoms with van der Waals surface area (Å²) in [4.78, 5) is 24.0. The summed E-state index contributed by atoms with van der Waals surface area (Å²) in [5, 5.41) is 18.7. The van der Waals surface area contributed by atoms with Crippen LogP contribution in [0.2, 0.25) is 0 Å². The van der Waals surface area contributed by atoms with Gasteiger partial charge in [0.15, 0.2) is 0 Å². The van der Waals surface area contributed by atoms with E-state index in [1.54, 1.807) is 20.8 Å². The molecule has 1 saturated heterocycles. The molecule has 6 nitrogen and oxygen atoms in total. The largest absolute Gasteiger partial charge is 0.481 e. The van der Waals surface area contributed by atoms with Gasteiger partial charge in [0.2, 0.25) is 0 Å². The lowest BCUT2D eigenvalue weighted by Crippen LogP contribution is -2.40. The van der Waals surface area contributed by atoms with Crippen LogP contribution in [0, 0.1) is 5.41 Å². The zero-order valence-corrected chi connectivity index (χ0v) is 10.6. The van der Waals surface area contributed by atoms with Crippen LogP contribution in [0.4, 0.5) is 4.79 Å². The van der Waals surface area contributed by atoms with Crippen molar-refractivity contribution >= 4 is 12.1 Å². The minimum Gasteiger partial charge on any atom is -0.481 e. The van der Waals surface area contributed by atoms with Crippen molar-refractivity contribution in [2.24, 2.45) is 5.41 Å². The second kappa shape index (κ2) is 4.18. The van der Waals surface area contributed by atoms with E-state index in [1.165, 1.54) is 11.8 Å². The normalized spacial score (nSPS) is 29.2. The highest BCUT2D eigenvalue weighted by Crippen LogP contribution is 2.31. The second-order valence-electron chi connectivity index (χ2n) is 5.60. The topological polar surface area (TPSA) is 87.1 Å². The number of amides is 1. The summed E-state index contributed by atoms with van der Waals surface area (Å²) in [5.41, 5.74) is -1.96. The Balaban J connectivity index is 2.73. The van der Waals surface area contributed by atoms with Crippen molar-refractivity contribution in [3.63, 3.8) is 0 Å². The molecule has 0 saturated carbocycles. The molecule has 1 fully saturated rings. The third-order valence-electron chi connectivity index (χ3n) is 2.79. The third-order valence-corrected chi connectivity index (χ3v) is 2.79. The van der Waals surface area contributed by atoms with Crippen molar-refractivity contribution in [2.75, 3.05) is 13.1 Å². The zero-order chi connectivity index (χ0) is 13.4. The number of hydrogen-bond donors (Lipinski definition) is 2. The monoisotopic (exact) mass is 245 g/mol. The van der Waals surface area contributed by atoms with Gasteiger partial charge in [0.1, 0.15) is 11.0 Å². The van der Waals surface area contributed by atoms with Crippen LogP contribution >= 0.6 is 0 Å². The Bertz CT molecular complexity index is 335. The summed E-state index contributed by atoms with van der Waals surface area (Å²) in [6.45, 7) is 6.55. The Morgan fingerprint density at radius 3 is 2.29 bits per heavy atom. The van der Waals surface area contributed by atoms with Crippen molar-refractivity contribution in [2.45, 2.75) is 39.4 Å². The summed E-state index contributed by atoms with van der Waals surface area (Å²) in [5.74, 6) is -1.11. The van der Waals surface area contributed by atoms with Crippen LogP contribution in [0.15, 0.2) is 0 Å². The number of carboxylic acids is 1. The van der Waals surface area contributed by atoms with E-state index in [0.29, 0.717) is 0 Å². The lowest BCUT2D eigenvalue weighted by molar-refractivity contribution is -0.151. The van der Waals surface area contributed by atoms with Gasteiger partial charge in [-0.05, 0) is 27.7 Å². The van der Waals surface area contributed by atoms with Crippen LogP contribution in [-0.4, -0.2) is 52.0 Å². The third kappa shape index (κ3) is 2.88. The number of aliphatic hydroxyl groups is 1. The Kier molecular flexibility index (Phi) is 3.38. The lowest BCUT2D eigenvalue weighted by Gasteiger charge is -2.25. The average Bonchev–Trinajstić information content (AvgIpc) is 2.42. The number of aliphatic carboxylic acids is 1. The average molecular weight is 245 g/mol. The first-order valence-electron chi connectivity index (χ1n) is 5.45. The highest BCUT2D eigenvalue weighted by molar-refractivity contribution is 5.78. The number of rotatable bonds is 1. The molecule has 2 atom stereocenters. The first-order valence-corrected chi connectivity index (χ1v) is 5.45. The second-order valence-corrected chi connectivity index (χ2v) is 5.60. The van der Waals surface area contributed by atoms with Crippen LogP contribution in [0.5, 0.6) is 0 Å². The number of hydrogen-bond acceptors (Lipinski definition) is 4. The highest BCUT2D eigenvalue weighted by Gasteiger charge is 2.50. The molecule has 6 heteroatoms. The standard InChI is InChI=1S/C11H19NO5/c1-10(2,3)17-9(16)12-5-7(13)11(4,6-12)8(14)15/h7,13H,5-6H2,1-4H3,(H,14,15).